The molecule has 1 aromatic rings. The first-order valence-electron chi connectivity index (χ1n) is 6.24. The lowest BCUT2D eigenvalue weighted by atomic mass is 10.2. The maximum atomic E-state index is 12.1. The van der Waals surface area contributed by atoms with Crippen LogP contribution in [0.4, 0.5) is 0 Å². The van der Waals surface area contributed by atoms with Crippen molar-refractivity contribution in [1.82, 2.24) is 14.9 Å². The van der Waals surface area contributed by atoms with Gasteiger partial charge in [0.15, 0.2) is 0 Å². The summed E-state index contributed by atoms with van der Waals surface area (Å²) in [4.78, 5) is 16.2. The van der Waals surface area contributed by atoms with Gasteiger partial charge in [0.1, 0.15) is 11.9 Å². The number of carbonyl (C=O) groups is 1. The molecule has 0 bridgehead atoms. The molecule has 1 atom stereocenters. The molecule has 1 aromatic heterocycles. The van der Waals surface area contributed by atoms with Gasteiger partial charge in [0, 0.05) is 18.4 Å². The largest absolute Gasteiger partial charge is 0.352 e. The zero-order valence-electron chi connectivity index (χ0n) is 10.2. The quantitative estimate of drug-likeness (QED) is 0.818. The van der Waals surface area contributed by atoms with Crippen molar-refractivity contribution in [2.24, 2.45) is 5.73 Å². The third-order valence-corrected chi connectivity index (χ3v) is 3.43. The number of hydrogen-bond donors (Lipinski definition) is 2. The Labute approximate surface area is 101 Å². The van der Waals surface area contributed by atoms with E-state index in [9.17, 15) is 4.79 Å². The lowest BCUT2D eigenvalue weighted by molar-refractivity contribution is -0.124. The Hall–Kier alpha value is -1.36. The zero-order chi connectivity index (χ0) is 12.3. The van der Waals surface area contributed by atoms with Crippen LogP contribution in [0.15, 0.2) is 12.4 Å². The van der Waals surface area contributed by atoms with E-state index in [-0.39, 0.29) is 11.9 Å². The van der Waals surface area contributed by atoms with Crippen LogP contribution in [0.1, 0.15) is 44.5 Å². The van der Waals surface area contributed by atoms with E-state index in [1.165, 1.54) is 12.8 Å². The minimum absolute atomic E-state index is 0.0598. The fraction of sp³-hybridized carbons (Fsp3) is 0.667. The molecule has 0 saturated heterocycles. The summed E-state index contributed by atoms with van der Waals surface area (Å²) >= 11 is 0. The van der Waals surface area contributed by atoms with Crippen LogP contribution in [0.3, 0.4) is 0 Å². The number of aromatic nitrogens is 2. The van der Waals surface area contributed by atoms with E-state index in [1.54, 1.807) is 12.4 Å². The predicted octanol–water partition coefficient (Wildman–Crippen LogP) is 0.962. The van der Waals surface area contributed by atoms with Gasteiger partial charge in [-0.2, -0.15) is 0 Å². The van der Waals surface area contributed by atoms with Crippen molar-refractivity contribution < 1.29 is 4.79 Å². The van der Waals surface area contributed by atoms with Gasteiger partial charge in [-0.15, -0.1) is 0 Å². The van der Waals surface area contributed by atoms with Crippen molar-refractivity contribution in [3.05, 3.63) is 18.2 Å². The minimum Gasteiger partial charge on any atom is -0.352 e. The Bertz CT molecular complexity index is 382. The van der Waals surface area contributed by atoms with E-state index in [4.69, 9.17) is 5.73 Å². The Morgan fingerprint density at radius 3 is 3.00 bits per heavy atom. The Kier molecular flexibility index (Phi) is 3.78. The topological polar surface area (TPSA) is 72.9 Å². The van der Waals surface area contributed by atoms with E-state index in [2.05, 4.69) is 10.3 Å². The van der Waals surface area contributed by atoms with E-state index >= 15 is 0 Å². The highest BCUT2D eigenvalue weighted by Crippen LogP contribution is 2.19. The van der Waals surface area contributed by atoms with Crippen molar-refractivity contribution >= 4 is 5.91 Å². The molecular weight excluding hydrogens is 216 g/mol. The number of imidazole rings is 1. The molecule has 0 spiro atoms. The first-order valence-corrected chi connectivity index (χ1v) is 6.24. The van der Waals surface area contributed by atoms with Crippen molar-refractivity contribution in [1.29, 1.82) is 0 Å². The van der Waals surface area contributed by atoms with Crippen LogP contribution in [0.2, 0.25) is 0 Å². The average molecular weight is 236 g/mol. The molecular formula is C12H20N4O. The van der Waals surface area contributed by atoms with Crippen LogP contribution in [-0.2, 0) is 11.3 Å². The lowest BCUT2D eigenvalue weighted by Crippen LogP contribution is -2.37. The van der Waals surface area contributed by atoms with Crippen molar-refractivity contribution in [2.45, 2.75) is 51.2 Å². The molecule has 1 saturated carbocycles. The maximum absolute atomic E-state index is 12.1. The summed E-state index contributed by atoms with van der Waals surface area (Å²) in [6.45, 7) is 2.24. The van der Waals surface area contributed by atoms with Gasteiger partial charge in [0.25, 0.3) is 0 Å². The van der Waals surface area contributed by atoms with Crippen molar-refractivity contribution in [2.75, 3.05) is 0 Å². The summed E-state index contributed by atoms with van der Waals surface area (Å²) in [7, 11) is 0. The third kappa shape index (κ3) is 2.66. The molecule has 1 unspecified atom stereocenters. The fourth-order valence-electron chi connectivity index (χ4n) is 2.37. The molecule has 1 amide bonds. The first kappa shape index (κ1) is 12.1. The van der Waals surface area contributed by atoms with Crippen LogP contribution in [-0.4, -0.2) is 21.5 Å². The summed E-state index contributed by atoms with van der Waals surface area (Å²) in [5.41, 5.74) is 5.58. The molecule has 3 N–H and O–H groups in total. The van der Waals surface area contributed by atoms with Gasteiger partial charge < -0.3 is 15.6 Å². The second-order valence-electron chi connectivity index (χ2n) is 4.62. The SMILES string of the molecule is CC(C(=O)NC1CCCC1)n1ccnc1CN. The van der Waals surface area contributed by atoms with Crippen LogP contribution in [0.5, 0.6) is 0 Å². The van der Waals surface area contributed by atoms with Gasteiger partial charge in [0.2, 0.25) is 5.91 Å². The summed E-state index contributed by atoms with van der Waals surface area (Å²) in [5.74, 6) is 0.809. The van der Waals surface area contributed by atoms with Gasteiger partial charge >= 0.3 is 0 Å². The van der Waals surface area contributed by atoms with E-state index in [0.717, 1.165) is 18.7 Å². The number of nitrogens with one attached hydrogen (secondary N) is 1. The molecule has 1 aliphatic carbocycles. The Morgan fingerprint density at radius 1 is 1.65 bits per heavy atom. The minimum atomic E-state index is -0.239. The normalized spacial score (nSPS) is 18.2. The summed E-state index contributed by atoms with van der Waals surface area (Å²) in [6, 6.07) is 0.117. The van der Waals surface area contributed by atoms with Gasteiger partial charge in [0.05, 0.1) is 6.54 Å². The summed E-state index contributed by atoms with van der Waals surface area (Å²) in [6.07, 6.45) is 8.14. The third-order valence-electron chi connectivity index (χ3n) is 3.43. The summed E-state index contributed by atoms with van der Waals surface area (Å²) in [5, 5.41) is 3.09. The number of nitrogens with zero attached hydrogens (tertiary/aromatic N) is 2. The first-order chi connectivity index (χ1) is 8.22. The van der Waals surface area contributed by atoms with Gasteiger partial charge in [-0.25, -0.2) is 4.98 Å². The number of hydrogen-bond acceptors (Lipinski definition) is 3. The monoisotopic (exact) mass is 236 g/mol. The average Bonchev–Trinajstić information content (AvgIpc) is 2.97. The van der Waals surface area contributed by atoms with Gasteiger partial charge in [-0.3, -0.25) is 4.79 Å². The van der Waals surface area contributed by atoms with E-state index in [0.29, 0.717) is 12.6 Å². The molecule has 5 heteroatoms. The predicted molar refractivity (Wildman–Crippen MR) is 65.2 cm³/mol. The second-order valence-corrected chi connectivity index (χ2v) is 4.62. The number of nitrogens with two attached hydrogens (primary N) is 1. The van der Waals surface area contributed by atoms with Crippen molar-refractivity contribution in [3.63, 3.8) is 0 Å². The summed E-state index contributed by atoms with van der Waals surface area (Å²) < 4.78 is 1.84. The highest BCUT2D eigenvalue weighted by atomic mass is 16.2. The number of amides is 1. The molecule has 0 radical (unpaired) electrons. The molecule has 0 aliphatic heterocycles. The van der Waals surface area contributed by atoms with Crippen molar-refractivity contribution in [3.8, 4) is 0 Å². The standard InChI is InChI=1S/C12H20N4O/c1-9(16-7-6-14-11(16)8-13)12(17)15-10-4-2-3-5-10/h6-7,9-10H,2-5,8,13H2,1H3,(H,15,17). The smallest absolute Gasteiger partial charge is 0.243 e. The lowest BCUT2D eigenvalue weighted by Gasteiger charge is -2.19. The van der Waals surface area contributed by atoms with Gasteiger partial charge in [-0.1, -0.05) is 12.8 Å². The van der Waals surface area contributed by atoms with E-state index < -0.39 is 0 Å². The molecule has 5 nitrogen and oxygen atoms in total. The van der Waals surface area contributed by atoms with Gasteiger partial charge in [-0.05, 0) is 19.8 Å². The molecule has 94 valence electrons. The second kappa shape index (κ2) is 5.31. The molecule has 1 aliphatic rings. The van der Waals surface area contributed by atoms with E-state index in [1.807, 2.05) is 11.5 Å². The highest BCUT2D eigenvalue weighted by molar-refractivity contribution is 5.80. The molecule has 1 fully saturated rings. The highest BCUT2D eigenvalue weighted by Gasteiger charge is 2.22. The fourth-order valence-corrected chi connectivity index (χ4v) is 2.37. The number of rotatable bonds is 4. The number of carbonyl (C=O) groups excluding carboxylic acids is 1. The van der Waals surface area contributed by atoms with Crippen LogP contribution in [0.25, 0.3) is 0 Å². The van der Waals surface area contributed by atoms with Crippen LogP contribution < -0.4 is 11.1 Å². The Balaban J connectivity index is 1.98. The van der Waals surface area contributed by atoms with Crippen LogP contribution in [0, 0.1) is 0 Å². The zero-order valence-corrected chi connectivity index (χ0v) is 10.2. The Morgan fingerprint density at radius 2 is 2.35 bits per heavy atom. The molecule has 2 rings (SSSR count). The molecule has 17 heavy (non-hydrogen) atoms. The molecule has 0 aromatic carbocycles. The maximum Gasteiger partial charge on any atom is 0.243 e. The molecule has 1 heterocycles. The van der Waals surface area contributed by atoms with Crippen LogP contribution >= 0.6 is 0 Å².